The molecule has 3 heterocycles. The number of aromatic nitrogens is 1. The number of oxazole rings is 1. The maximum Gasteiger partial charge on any atom is 0.298 e. The van der Waals surface area contributed by atoms with E-state index in [9.17, 15) is 4.79 Å². The summed E-state index contributed by atoms with van der Waals surface area (Å²) in [6.45, 7) is 2.31. The maximum atomic E-state index is 12.6. The molecular formula is C21H21N3O4. The molecule has 0 aliphatic carbocycles. The van der Waals surface area contributed by atoms with Gasteiger partial charge >= 0.3 is 0 Å². The van der Waals surface area contributed by atoms with Gasteiger partial charge in [-0.3, -0.25) is 4.79 Å². The Labute approximate surface area is 162 Å². The number of ether oxygens (including phenoxy) is 2. The van der Waals surface area contributed by atoms with Crippen LogP contribution in [0.5, 0.6) is 5.75 Å². The number of carbonyl (C=O) groups excluding carboxylic acids is 1. The number of nitrogens with one attached hydrogen (secondary N) is 1. The number of nitrogens with zero attached hydrogens (tertiary/aromatic N) is 2. The summed E-state index contributed by atoms with van der Waals surface area (Å²) in [5.41, 5.74) is 3.79. The van der Waals surface area contributed by atoms with Crippen LogP contribution in [0.3, 0.4) is 0 Å². The Morgan fingerprint density at radius 1 is 1.29 bits per heavy atom. The predicted octanol–water partition coefficient (Wildman–Crippen LogP) is 3.24. The minimum Gasteiger partial charge on any atom is -0.493 e. The van der Waals surface area contributed by atoms with Gasteiger partial charge in [-0.05, 0) is 48.4 Å². The molecule has 144 valence electrons. The van der Waals surface area contributed by atoms with E-state index in [1.807, 2.05) is 30.3 Å². The number of anilines is 2. The summed E-state index contributed by atoms with van der Waals surface area (Å²) in [6.07, 6.45) is 2.01. The third kappa shape index (κ3) is 3.07. The lowest BCUT2D eigenvalue weighted by Gasteiger charge is -2.12. The maximum absolute atomic E-state index is 12.6. The van der Waals surface area contributed by atoms with Gasteiger partial charge in [-0.25, -0.2) is 0 Å². The van der Waals surface area contributed by atoms with Crippen molar-refractivity contribution in [3.63, 3.8) is 0 Å². The van der Waals surface area contributed by atoms with Crippen molar-refractivity contribution < 1.29 is 18.7 Å². The van der Waals surface area contributed by atoms with Gasteiger partial charge in [-0.2, -0.15) is 4.98 Å². The van der Waals surface area contributed by atoms with Crippen molar-refractivity contribution >= 4 is 28.7 Å². The first-order chi connectivity index (χ1) is 13.7. The Morgan fingerprint density at radius 3 is 3.07 bits per heavy atom. The van der Waals surface area contributed by atoms with Crippen molar-refractivity contribution in [2.45, 2.75) is 18.9 Å². The monoisotopic (exact) mass is 379 g/mol. The summed E-state index contributed by atoms with van der Waals surface area (Å²) in [5.74, 6) is 0.714. The van der Waals surface area contributed by atoms with Crippen LogP contribution in [0.2, 0.25) is 0 Å². The molecule has 7 heteroatoms. The molecule has 0 radical (unpaired) electrons. The highest BCUT2D eigenvalue weighted by Gasteiger charge is 2.25. The number of hydrogen-bond acceptors (Lipinski definition) is 6. The van der Waals surface area contributed by atoms with Gasteiger partial charge in [0, 0.05) is 37.9 Å². The van der Waals surface area contributed by atoms with Crippen LogP contribution >= 0.6 is 0 Å². The second-order valence-electron chi connectivity index (χ2n) is 7.15. The average Bonchev–Trinajstić information content (AvgIpc) is 3.44. The van der Waals surface area contributed by atoms with E-state index in [-0.39, 0.29) is 12.0 Å². The summed E-state index contributed by atoms with van der Waals surface area (Å²) in [5, 5.41) is 2.94. The molecule has 1 amide bonds. The minimum absolute atomic E-state index is 0.153. The molecular weight excluding hydrogens is 358 g/mol. The number of hydrogen-bond donors (Lipinski definition) is 1. The van der Waals surface area contributed by atoms with Gasteiger partial charge in [0.25, 0.3) is 11.9 Å². The molecule has 1 aromatic heterocycles. The SMILES string of the molecule is COC1CCN(c2nc3cc(NC(=O)c4ccc5c(c4)CCO5)ccc3o2)C1. The molecule has 3 aromatic rings. The number of fused-ring (bicyclic) bond motifs is 2. The topological polar surface area (TPSA) is 76.8 Å². The zero-order chi connectivity index (χ0) is 19.1. The molecule has 1 fully saturated rings. The number of carbonyl (C=O) groups is 1. The van der Waals surface area contributed by atoms with Gasteiger partial charge in [-0.1, -0.05) is 0 Å². The Kier molecular flexibility index (Phi) is 4.16. The van der Waals surface area contributed by atoms with Gasteiger partial charge in [-0.15, -0.1) is 0 Å². The Bertz CT molecular complexity index is 1050. The van der Waals surface area contributed by atoms with Crippen molar-refractivity contribution in [3.05, 3.63) is 47.5 Å². The second-order valence-corrected chi connectivity index (χ2v) is 7.15. The van der Waals surface area contributed by atoms with Crippen LogP contribution in [0.1, 0.15) is 22.3 Å². The third-order valence-electron chi connectivity index (χ3n) is 5.33. The van der Waals surface area contributed by atoms with Crippen LogP contribution in [0, 0.1) is 0 Å². The molecule has 1 N–H and O–H groups in total. The van der Waals surface area contributed by atoms with Crippen LogP contribution in [0.15, 0.2) is 40.8 Å². The molecule has 2 aliphatic heterocycles. The van der Waals surface area contributed by atoms with E-state index in [1.54, 1.807) is 13.2 Å². The normalized spacial score (nSPS) is 18.3. The summed E-state index contributed by atoms with van der Waals surface area (Å²) >= 11 is 0. The van der Waals surface area contributed by atoms with E-state index < -0.39 is 0 Å². The summed E-state index contributed by atoms with van der Waals surface area (Å²) < 4.78 is 16.8. The zero-order valence-corrected chi connectivity index (χ0v) is 15.6. The molecule has 0 bridgehead atoms. The summed E-state index contributed by atoms with van der Waals surface area (Å²) in [4.78, 5) is 19.3. The van der Waals surface area contributed by atoms with Crippen LogP contribution in [0.4, 0.5) is 11.7 Å². The van der Waals surface area contributed by atoms with Crippen molar-refractivity contribution in [3.8, 4) is 5.75 Å². The molecule has 1 saturated heterocycles. The highest BCUT2D eigenvalue weighted by Crippen LogP contribution is 2.29. The van der Waals surface area contributed by atoms with Crippen molar-refractivity contribution in [2.24, 2.45) is 0 Å². The lowest BCUT2D eigenvalue weighted by molar-refractivity contribution is 0.102. The molecule has 0 spiro atoms. The van der Waals surface area contributed by atoms with Crippen LogP contribution in [-0.4, -0.2) is 43.8 Å². The van der Waals surface area contributed by atoms with E-state index >= 15 is 0 Å². The van der Waals surface area contributed by atoms with Crippen molar-refractivity contribution in [1.82, 2.24) is 4.98 Å². The minimum atomic E-state index is -0.153. The zero-order valence-electron chi connectivity index (χ0n) is 15.6. The van der Waals surface area contributed by atoms with E-state index in [4.69, 9.17) is 13.9 Å². The first-order valence-corrected chi connectivity index (χ1v) is 9.45. The third-order valence-corrected chi connectivity index (χ3v) is 5.33. The fourth-order valence-electron chi connectivity index (χ4n) is 3.75. The van der Waals surface area contributed by atoms with Crippen LogP contribution in [-0.2, 0) is 11.2 Å². The van der Waals surface area contributed by atoms with E-state index in [0.29, 0.717) is 29.5 Å². The number of methoxy groups -OCH3 is 1. The number of benzene rings is 2. The lowest BCUT2D eigenvalue weighted by Crippen LogP contribution is -2.22. The van der Waals surface area contributed by atoms with Gasteiger partial charge in [0.1, 0.15) is 11.3 Å². The molecule has 2 aliphatic rings. The van der Waals surface area contributed by atoms with Crippen LogP contribution < -0.4 is 15.0 Å². The largest absolute Gasteiger partial charge is 0.493 e. The summed E-state index contributed by atoms with van der Waals surface area (Å²) in [6, 6.07) is 11.6. The van der Waals surface area contributed by atoms with E-state index in [1.165, 1.54) is 0 Å². The molecule has 5 rings (SSSR count). The van der Waals surface area contributed by atoms with Crippen molar-refractivity contribution in [1.29, 1.82) is 0 Å². The first-order valence-electron chi connectivity index (χ1n) is 9.45. The highest BCUT2D eigenvalue weighted by atomic mass is 16.5. The average molecular weight is 379 g/mol. The van der Waals surface area contributed by atoms with E-state index in [2.05, 4.69) is 15.2 Å². The predicted molar refractivity (Wildman–Crippen MR) is 105 cm³/mol. The highest BCUT2D eigenvalue weighted by molar-refractivity contribution is 6.05. The molecule has 0 saturated carbocycles. The molecule has 1 atom stereocenters. The van der Waals surface area contributed by atoms with Gasteiger partial charge < -0.3 is 24.1 Å². The fraction of sp³-hybridized carbons (Fsp3) is 0.333. The van der Waals surface area contributed by atoms with Gasteiger partial charge in [0.2, 0.25) is 0 Å². The number of amides is 1. The lowest BCUT2D eigenvalue weighted by atomic mass is 10.1. The Morgan fingerprint density at radius 2 is 2.21 bits per heavy atom. The molecule has 7 nitrogen and oxygen atoms in total. The van der Waals surface area contributed by atoms with Gasteiger partial charge in [0.15, 0.2) is 5.58 Å². The fourth-order valence-corrected chi connectivity index (χ4v) is 3.75. The summed E-state index contributed by atoms with van der Waals surface area (Å²) in [7, 11) is 1.73. The molecule has 2 aromatic carbocycles. The van der Waals surface area contributed by atoms with Crippen molar-refractivity contribution in [2.75, 3.05) is 37.0 Å². The molecule has 1 unspecified atom stereocenters. The van der Waals surface area contributed by atoms with Gasteiger partial charge in [0.05, 0.1) is 12.7 Å². The number of rotatable bonds is 4. The van der Waals surface area contributed by atoms with E-state index in [0.717, 1.165) is 42.8 Å². The smallest absolute Gasteiger partial charge is 0.298 e. The Balaban J connectivity index is 1.34. The second kappa shape index (κ2) is 6.83. The first kappa shape index (κ1) is 17.1. The quantitative estimate of drug-likeness (QED) is 0.750. The standard InChI is InChI=1S/C21H21N3O4/c1-26-16-6-8-24(12-16)21-23-17-11-15(3-5-19(17)28-21)22-20(25)14-2-4-18-13(10-14)7-9-27-18/h2-5,10-11,16H,6-9,12H2,1H3,(H,22,25). The molecule has 28 heavy (non-hydrogen) atoms. The van der Waals surface area contributed by atoms with Crippen LogP contribution in [0.25, 0.3) is 11.1 Å². The Hall–Kier alpha value is -3.06.